The van der Waals surface area contributed by atoms with E-state index in [0.717, 1.165) is 22.6 Å². The number of nitrogens with one attached hydrogen (secondary N) is 1. The van der Waals surface area contributed by atoms with Crippen LogP contribution in [0.25, 0.3) is 0 Å². The van der Waals surface area contributed by atoms with Gasteiger partial charge in [-0.1, -0.05) is 48.6 Å². The minimum absolute atomic E-state index is 0.122. The number of ether oxygens (including phenoxy) is 1. The highest BCUT2D eigenvalue weighted by Crippen LogP contribution is 2.31. The highest BCUT2D eigenvalue weighted by Gasteiger charge is 2.29. The van der Waals surface area contributed by atoms with E-state index in [2.05, 4.69) is 10.3 Å². The maximum Gasteiger partial charge on any atom is 0.413 e. The van der Waals surface area contributed by atoms with Crippen LogP contribution in [0.1, 0.15) is 42.3 Å². The Kier molecular flexibility index (Phi) is 5.88. The monoisotopic (exact) mass is 373 g/mol. The van der Waals surface area contributed by atoms with Crippen LogP contribution in [-0.4, -0.2) is 35.0 Å². The lowest BCUT2D eigenvalue weighted by Gasteiger charge is -2.29. The number of carbonyl (C=O) groups excluding carboxylic acids is 2. The summed E-state index contributed by atoms with van der Waals surface area (Å²) in [6.45, 7) is 5.31. The first-order valence-electron chi connectivity index (χ1n) is 8.88. The number of benzene rings is 1. The van der Waals surface area contributed by atoms with Crippen LogP contribution < -0.4 is 5.32 Å². The number of thiazole rings is 1. The normalized spacial score (nSPS) is 14.5. The lowest BCUT2D eigenvalue weighted by Crippen LogP contribution is -2.38. The highest BCUT2D eigenvalue weighted by molar-refractivity contribution is 7.15. The molecular weight excluding hydrogens is 350 g/mol. The molecule has 0 bridgehead atoms. The maximum atomic E-state index is 13.0. The van der Waals surface area contributed by atoms with Crippen LogP contribution in [-0.2, 0) is 22.5 Å². The van der Waals surface area contributed by atoms with Crippen LogP contribution >= 0.6 is 11.3 Å². The summed E-state index contributed by atoms with van der Waals surface area (Å²) in [7, 11) is 0. The molecule has 0 saturated heterocycles. The average molecular weight is 373 g/mol. The van der Waals surface area contributed by atoms with Crippen LogP contribution in [0.15, 0.2) is 30.3 Å². The van der Waals surface area contributed by atoms with Crippen molar-refractivity contribution in [2.75, 3.05) is 18.5 Å². The molecule has 1 aromatic heterocycles. The summed E-state index contributed by atoms with van der Waals surface area (Å²) in [5.41, 5.74) is 2.01. The molecule has 1 atom stereocenters. The molecule has 6 nitrogen and oxygen atoms in total. The van der Waals surface area contributed by atoms with E-state index in [1.807, 2.05) is 42.2 Å². The van der Waals surface area contributed by atoms with Gasteiger partial charge in [-0.15, -0.1) is 0 Å². The molecule has 138 valence electrons. The zero-order valence-electron chi connectivity index (χ0n) is 15.0. The minimum atomic E-state index is -0.498. The number of rotatable bonds is 5. The van der Waals surface area contributed by atoms with E-state index in [1.54, 1.807) is 6.92 Å². The van der Waals surface area contributed by atoms with E-state index in [1.165, 1.54) is 11.3 Å². The molecule has 26 heavy (non-hydrogen) atoms. The van der Waals surface area contributed by atoms with Gasteiger partial charge in [0.05, 0.1) is 24.8 Å². The van der Waals surface area contributed by atoms with Crippen molar-refractivity contribution in [3.63, 3.8) is 0 Å². The van der Waals surface area contributed by atoms with E-state index in [0.29, 0.717) is 31.2 Å². The molecule has 0 aliphatic carbocycles. The smallest absolute Gasteiger partial charge is 0.413 e. The first-order chi connectivity index (χ1) is 12.6. The quantitative estimate of drug-likeness (QED) is 0.865. The summed E-state index contributed by atoms with van der Waals surface area (Å²) in [4.78, 5) is 32.0. The van der Waals surface area contributed by atoms with E-state index in [4.69, 9.17) is 4.74 Å². The average Bonchev–Trinajstić information content (AvgIpc) is 3.04. The lowest BCUT2D eigenvalue weighted by molar-refractivity contribution is -0.133. The van der Waals surface area contributed by atoms with Crippen molar-refractivity contribution in [3.05, 3.63) is 46.5 Å². The van der Waals surface area contributed by atoms with Crippen molar-refractivity contribution < 1.29 is 14.3 Å². The van der Waals surface area contributed by atoms with Crippen LogP contribution in [0.2, 0.25) is 0 Å². The minimum Gasteiger partial charge on any atom is -0.450 e. The van der Waals surface area contributed by atoms with Crippen molar-refractivity contribution in [2.45, 2.75) is 39.2 Å². The Morgan fingerprint density at radius 2 is 2.08 bits per heavy atom. The first-order valence-corrected chi connectivity index (χ1v) is 9.70. The second-order valence-corrected chi connectivity index (χ2v) is 7.20. The molecule has 0 fully saturated rings. The summed E-state index contributed by atoms with van der Waals surface area (Å²) >= 11 is 1.41. The highest BCUT2D eigenvalue weighted by atomic mass is 32.1. The molecule has 1 N–H and O–H groups in total. The first kappa shape index (κ1) is 18.4. The third-order valence-electron chi connectivity index (χ3n) is 4.44. The number of anilines is 1. The van der Waals surface area contributed by atoms with E-state index in [9.17, 15) is 9.59 Å². The van der Waals surface area contributed by atoms with Crippen LogP contribution in [0.5, 0.6) is 0 Å². The molecule has 2 amide bonds. The van der Waals surface area contributed by atoms with Gasteiger partial charge in [-0.2, -0.15) is 0 Å². The molecule has 2 aromatic rings. The fourth-order valence-electron chi connectivity index (χ4n) is 3.15. The summed E-state index contributed by atoms with van der Waals surface area (Å²) in [5.74, 6) is 0.0282. The molecule has 1 aliphatic heterocycles. The van der Waals surface area contributed by atoms with Crippen molar-refractivity contribution in [1.29, 1.82) is 0 Å². The second kappa shape index (κ2) is 8.31. The van der Waals surface area contributed by atoms with Gasteiger partial charge in [0.25, 0.3) is 0 Å². The van der Waals surface area contributed by atoms with Crippen LogP contribution in [0.4, 0.5) is 9.93 Å². The maximum absolute atomic E-state index is 13.0. The molecule has 0 spiro atoms. The molecule has 2 heterocycles. The molecule has 7 heteroatoms. The van der Waals surface area contributed by atoms with Gasteiger partial charge in [-0.3, -0.25) is 10.1 Å². The van der Waals surface area contributed by atoms with Crippen LogP contribution in [0.3, 0.4) is 0 Å². The third-order valence-corrected chi connectivity index (χ3v) is 5.43. The molecule has 3 rings (SSSR count). The number of amides is 2. The Hall–Kier alpha value is -2.41. The molecule has 0 saturated carbocycles. The van der Waals surface area contributed by atoms with Crippen molar-refractivity contribution in [2.24, 2.45) is 0 Å². The number of carbonyl (C=O) groups is 2. The second-order valence-electron chi connectivity index (χ2n) is 6.12. The Labute approximate surface area is 157 Å². The standard InChI is InChI=1S/C19H23N3O3S/c1-3-14(13-8-6-5-7-9-13)17(23)22-11-10-15-16(12-22)26-18(20-15)21-19(24)25-4-2/h5-9,14H,3-4,10-12H2,1-2H3,(H,20,21,24). The number of aromatic nitrogens is 1. The van der Waals surface area contributed by atoms with Gasteiger partial charge in [0.1, 0.15) is 0 Å². The number of fused-ring (bicyclic) bond motifs is 1. The predicted molar refractivity (Wildman–Crippen MR) is 101 cm³/mol. The lowest BCUT2D eigenvalue weighted by atomic mass is 9.94. The van der Waals surface area contributed by atoms with Gasteiger partial charge in [-0.25, -0.2) is 9.78 Å². The Balaban J connectivity index is 1.70. The predicted octanol–water partition coefficient (Wildman–Crippen LogP) is 3.79. The fourth-order valence-corrected chi connectivity index (χ4v) is 4.16. The van der Waals surface area contributed by atoms with Gasteiger partial charge in [0.15, 0.2) is 5.13 Å². The van der Waals surface area contributed by atoms with Crippen molar-refractivity contribution in [1.82, 2.24) is 9.88 Å². The van der Waals surface area contributed by atoms with Crippen molar-refractivity contribution >= 4 is 28.5 Å². The number of hydrogen-bond acceptors (Lipinski definition) is 5. The molecule has 0 radical (unpaired) electrons. The fraction of sp³-hybridized carbons (Fsp3) is 0.421. The molecular formula is C19H23N3O3S. The number of hydrogen-bond donors (Lipinski definition) is 1. The van der Waals surface area contributed by atoms with Crippen molar-refractivity contribution in [3.8, 4) is 0 Å². The van der Waals surface area contributed by atoms with Gasteiger partial charge in [0.2, 0.25) is 5.91 Å². The third kappa shape index (κ3) is 4.04. The zero-order chi connectivity index (χ0) is 18.5. The summed E-state index contributed by atoms with van der Waals surface area (Å²) in [6, 6.07) is 9.92. The summed E-state index contributed by atoms with van der Waals surface area (Å²) in [6.07, 6.45) is 0.972. The molecule has 1 aromatic carbocycles. The summed E-state index contributed by atoms with van der Waals surface area (Å²) < 4.78 is 4.88. The zero-order valence-corrected chi connectivity index (χ0v) is 15.8. The Morgan fingerprint density at radius 3 is 2.77 bits per heavy atom. The van der Waals surface area contributed by atoms with Gasteiger partial charge in [-0.05, 0) is 18.9 Å². The Morgan fingerprint density at radius 1 is 1.31 bits per heavy atom. The largest absolute Gasteiger partial charge is 0.450 e. The van der Waals surface area contributed by atoms with Gasteiger partial charge in [0, 0.05) is 17.8 Å². The molecule has 1 aliphatic rings. The topological polar surface area (TPSA) is 71.5 Å². The van der Waals surface area contributed by atoms with E-state index in [-0.39, 0.29) is 11.8 Å². The van der Waals surface area contributed by atoms with Crippen LogP contribution in [0, 0.1) is 0 Å². The SMILES string of the molecule is CCOC(=O)Nc1nc2c(s1)CN(C(=O)C(CC)c1ccccc1)CC2. The summed E-state index contributed by atoms with van der Waals surface area (Å²) in [5, 5.41) is 3.17. The van der Waals surface area contributed by atoms with Gasteiger partial charge >= 0.3 is 6.09 Å². The van der Waals surface area contributed by atoms with E-state index >= 15 is 0 Å². The van der Waals surface area contributed by atoms with Gasteiger partial charge < -0.3 is 9.64 Å². The number of nitrogens with zero attached hydrogens (tertiary/aromatic N) is 2. The Bertz CT molecular complexity index is 776. The van der Waals surface area contributed by atoms with E-state index < -0.39 is 6.09 Å². The molecule has 1 unspecified atom stereocenters.